The van der Waals surface area contributed by atoms with Crippen LogP contribution in [0, 0.1) is 10.1 Å². The van der Waals surface area contributed by atoms with Gasteiger partial charge in [-0.3, -0.25) is 28.8 Å². The van der Waals surface area contributed by atoms with Gasteiger partial charge in [-0.15, -0.1) is 0 Å². The lowest BCUT2D eigenvalue weighted by molar-refractivity contribution is -0.387. The molecule has 0 saturated carbocycles. The Kier molecular flexibility index (Phi) is 5.79. The van der Waals surface area contributed by atoms with Gasteiger partial charge in [-0.1, -0.05) is 12.1 Å². The van der Waals surface area contributed by atoms with Crippen LogP contribution in [0.25, 0.3) is 11.0 Å². The third-order valence-electron chi connectivity index (χ3n) is 5.73. The molecule has 0 bridgehead atoms. The second-order valence-electron chi connectivity index (χ2n) is 7.69. The van der Waals surface area contributed by atoms with E-state index in [0.29, 0.717) is 0 Å². The van der Waals surface area contributed by atoms with Crippen molar-refractivity contribution < 1.29 is 18.1 Å². The molecular formula is C20H20N6O7S. The number of nitro benzene ring substituents is 1. The summed E-state index contributed by atoms with van der Waals surface area (Å²) in [6.07, 6.45) is 0. The number of hydrogen-bond donors (Lipinski definition) is 0. The number of fused-ring (bicyclic) bond motifs is 1. The van der Waals surface area contributed by atoms with Crippen LogP contribution in [-0.4, -0.2) is 68.8 Å². The number of amides is 1. The molecule has 34 heavy (non-hydrogen) atoms. The van der Waals surface area contributed by atoms with E-state index in [1.54, 1.807) is 0 Å². The Bertz CT molecular complexity index is 1550. The van der Waals surface area contributed by atoms with Crippen LogP contribution in [0.5, 0.6) is 0 Å². The molecule has 1 amide bonds. The molecule has 0 radical (unpaired) electrons. The normalized spacial score (nSPS) is 14.9. The molecular weight excluding hydrogens is 468 g/mol. The smallest absolute Gasteiger partial charge is 0.332 e. The van der Waals surface area contributed by atoms with Crippen molar-refractivity contribution in [3.8, 4) is 0 Å². The average molecular weight is 488 g/mol. The van der Waals surface area contributed by atoms with Gasteiger partial charge in [-0.05, 0) is 18.2 Å². The van der Waals surface area contributed by atoms with Crippen molar-refractivity contribution >= 4 is 32.7 Å². The van der Waals surface area contributed by atoms with Crippen LogP contribution in [0.15, 0.2) is 50.9 Å². The molecule has 14 heteroatoms. The number of piperazine rings is 1. The van der Waals surface area contributed by atoms with Crippen molar-refractivity contribution in [2.75, 3.05) is 26.2 Å². The van der Waals surface area contributed by atoms with Gasteiger partial charge in [0, 0.05) is 46.3 Å². The largest absolute Gasteiger partial charge is 0.335 e. The van der Waals surface area contributed by atoms with Crippen molar-refractivity contribution in [3.63, 3.8) is 0 Å². The zero-order chi connectivity index (χ0) is 24.8. The summed E-state index contributed by atoms with van der Waals surface area (Å²) in [6.45, 7) is -0.0543. The number of benzene rings is 1. The molecule has 2 aromatic heterocycles. The number of aryl methyl sites for hydroxylation is 1. The fourth-order valence-electron chi connectivity index (χ4n) is 3.83. The minimum absolute atomic E-state index is 0.00533. The summed E-state index contributed by atoms with van der Waals surface area (Å²) in [5.41, 5.74) is -1.55. The van der Waals surface area contributed by atoms with Crippen LogP contribution in [0.2, 0.25) is 0 Å². The Balaban J connectivity index is 1.57. The van der Waals surface area contributed by atoms with Crippen LogP contribution in [0.1, 0.15) is 10.5 Å². The molecule has 1 aliphatic rings. The lowest BCUT2D eigenvalue weighted by Crippen LogP contribution is -2.50. The molecule has 4 rings (SSSR count). The number of carbonyl (C=O) groups excluding carboxylic acids is 1. The van der Waals surface area contributed by atoms with Crippen LogP contribution in [0.3, 0.4) is 0 Å². The minimum Gasteiger partial charge on any atom is -0.335 e. The van der Waals surface area contributed by atoms with E-state index in [4.69, 9.17) is 0 Å². The number of nitro groups is 1. The summed E-state index contributed by atoms with van der Waals surface area (Å²) < 4.78 is 29.2. The van der Waals surface area contributed by atoms with E-state index in [-0.39, 0.29) is 42.9 Å². The molecule has 1 aliphatic heterocycles. The van der Waals surface area contributed by atoms with E-state index < -0.39 is 42.7 Å². The van der Waals surface area contributed by atoms with Crippen molar-refractivity contribution in [1.82, 2.24) is 23.3 Å². The fraction of sp³-hybridized carbons (Fsp3) is 0.300. The second kappa shape index (κ2) is 8.46. The number of nitrogens with zero attached hydrogens (tertiary/aromatic N) is 6. The Hall–Kier alpha value is -3.91. The standard InChI is InChI=1S/C20H20N6O7S/c1-22-17-13(18(27)23(2)20(22)29)7-8-14(21-17)19(28)24-9-11-25(12-10-24)34(32,33)16-6-4-3-5-15(16)26(30)31/h3-8H,9-12H2,1-2H3. The third kappa shape index (κ3) is 3.76. The van der Waals surface area contributed by atoms with Gasteiger partial charge in [0.25, 0.3) is 17.2 Å². The lowest BCUT2D eigenvalue weighted by Gasteiger charge is -2.33. The van der Waals surface area contributed by atoms with Crippen molar-refractivity contribution in [3.05, 3.63) is 73.0 Å². The van der Waals surface area contributed by atoms with E-state index in [9.17, 15) is 32.9 Å². The maximum atomic E-state index is 13.0. The summed E-state index contributed by atoms with van der Waals surface area (Å²) in [5.74, 6) is -0.488. The summed E-state index contributed by atoms with van der Waals surface area (Å²) in [7, 11) is -1.35. The van der Waals surface area contributed by atoms with Gasteiger partial charge in [0.05, 0.1) is 10.3 Å². The summed E-state index contributed by atoms with van der Waals surface area (Å²) in [6, 6.07) is 7.90. The van der Waals surface area contributed by atoms with Gasteiger partial charge in [0.1, 0.15) is 11.3 Å². The summed E-state index contributed by atoms with van der Waals surface area (Å²) in [5, 5.41) is 11.4. The zero-order valence-corrected chi connectivity index (χ0v) is 19.1. The molecule has 0 N–H and O–H groups in total. The van der Waals surface area contributed by atoms with Crippen molar-refractivity contribution in [2.45, 2.75) is 4.90 Å². The zero-order valence-electron chi connectivity index (χ0n) is 18.2. The van der Waals surface area contributed by atoms with Crippen LogP contribution < -0.4 is 11.2 Å². The van der Waals surface area contributed by atoms with Gasteiger partial charge in [0.15, 0.2) is 4.90 Å². The molecule has 3 heterocycles. The Morgan fingerprint density at radius 3 is 2.29 bits per heavy atom. The predicted molar refractivity (Wildman–Crippen MR) is 120 cm³/mol. The summed E-state index contributed by atoms with van der Waals surface area (Å²) >= 11 is 0. The predicted octanol–water partition coefficient (Wildman–Crippen LogP) is -0.313. The number of carbonyl (C=O) groups is 1. The average Bonchev–Trinajstić information content (AvgIpc) is 2.85. The fourth-order valence-corrected chi connectivity index (χ4v) is 5.41. The third-order valence-corrected chi connectivity index (χ3v) is 7.67. The van der Waals surface area contributed by atoms with E-state index >= 15 is 0 Å². The van der Waals surface area contributed by atoms with Gasteiger partial charge in [-0.2, -0.15) is 4.31 Å². The molecule has 0 aliphatic carbocycles. The molecule has 0 unspecified atom stereocenters. The Morgan fingerprint density at radius 2 is 1.65 bits per heavy atom. The first-order valence-electron chi connectivity index (χ1n) is 10.1. The number of para-hydroxylation sites is 1. The van der Waals surface area contributed by atoms with E-state index in [2.05, 4.69) is 4.98 Å². The first-order chi connectivity index (χ1) is 16.0. The number of sulfonamides is 1. The van der Waals surface area contributed by atoms with Crippen LogP contribution in [0.4, 0.5) is 5.69 Å². The van der Waals surface area contributed by atoms with E-state index in [0.717, 1.165) is 14.9 Å². The molecule has 1 saturated heterocycles. The highest BCUT2D eigenvalue weighted by Gasteiger charge is 2.34. The molecule has 178 valence electrons. The molecule has 1 aromatic carbocycles. The molecule has 1 fully saturated rings. The number of hydrogen-bond acceptors (Lipinski definition) is 8. The van der Waals surface area contributed by atoms with Gasteiger partial charge in [0.2, 0.25) is 10.0 Å². The highest BCUT2D eigenvalue weighted by atomic mass is 32.2. The SMILES string of the molecule is Cn1c(=O)c2ccc(C(=O)N3CCN(S(=O)(=O)c4ccccc4[N+](=O)[O-])CC3)nc2n(C)c1=O. The Morgan fingerprint density at radius 1 is 1.00 bits per heavy atom. The molecule has 13 nitrogen and oxygen atoms in total. The number of rotatable bonds is 4. The lowest BCUT2D eigenvalue weighted by atomic mass is 10.2. The van der Waals surface area contributed by atoms with Crippen molar-refractivity contribution in [1.29, 1.82) is 0 Å². The highest BCUT2D eigenvalue weighted by Crippen LogP contribution is 2.27. The van der Waals surface area contributed by atoms with Gasteiger partial charge >= 0.3 is 5.69 Å². The first-order valence-corrected chi connectivity index (χ1v) is 11.6. The van der Waals surface area contributed by atoms with E-state index in [1.165, 1.54) is 53.9 Å². The second-order valence-corrected chi connectivity index (χ2v) is 9.60. The quantitative estimate of drug-likeness (QED) is 0.357. The monoisotopic (exact) mass is 488 g/mol. The summed E-state index contributed by atoms with van der Waals surface area (Å²) in [4.78, 5) is 53.2. The maximum absolute atomic E-state index is 13.0. The van der Waals surface area contributed by atoms with Crippen molar-refractivity contribution in [2.24, 2.45) is 14.1 Å². The molecule has 0 spiro atoms. The first kappa shape index (κ1) is 23.3. The van der Waals surface area contributed by atoms with Gasteiger partial charge in [-0.25, -0.2) is 18.2 Å². The molecule has 0 atom stereocenters. The topological polar surface area (TPSA) is 158 Å². The number of aromatic nitrogens is 3. The van der Waals surface area contributed by atoms with Crippen LogP contribution in [-0.2, 0) is 24.1 Å². The number of pyridine rings is 1. The highest BCUT2D eigenvalue weighted by molar-refractivity contribution is 7.89. The Labute approximate surface area is 192 Å². The van der Waals surface area contributed by atoms with Gasteiger partial charge < -0.3 is 4.90 Å². The maximum Gasteiger partial charge on any atom is 0.332 e. The van der Waals surface area contributed by atoms with E-state index in [1.807, 2.05) is 0 Å². The minimum atomic E-state index is -4.14. The molecule has 3 aromatic rings. The van der Waals surface area contributed by atoms with Crippen LogP contribution >= 0.6 is 0 Å².